The molecule has 0 bridgehead atoms. The number of amidine groups is 1. The Morgan fingerprint density at radius 1 is 1.21 bits per heavy atom. The first-order valence-electron chi connectivity index (χ1n) is 10.5. The van der Waals surface area contributed by atoms with E-state index in [9.17, 15) is 18.8 Å². The number of benzene rings is 2. The molecule has 5 N–H and O–H groups in total. The number of carbonyl (C=O) groups excluding carboxylic acids is 3. The van der Waals surface area contributed by atoms with Crippen molar-refractivity contribution in [2.24, 2.45) is 10.7 Å². The molecule has 0 aliphatic carbocycles. The van der Waals surface area contributed by atoms with Crippen molar-refractivity contribution in [1.29, 1.82) is 0 Å². The third-order valence-electron chi connectivity index (χ3n) is 5.38. The van der Waals surface area contributed by atoms with E-state index in [4.69, 9.17) is 17.3 Å². The Balaban J connectivity index is 1.83. The van der Waals surface area contributed by atoms with E-state index in [0.29, 0.717) is 30.2 Å². The van der Waals surface area contributed by atoms with Crippen LogP contribution in [0.25, 0.3) is 0 Å². The number of hydrogen-bond acceptors (Lipinski definition) is 6. The molecule has 9 nitrogen and oxygen atoms in total. The molecule has 3 amide bonds. The SMILES string of the molecule is CC1=NC(C(=O)NCCN(C)C)C(C(N)=O)(c2ccc(NC(=O)c3ccc(F)cc3Cl)cc2)N1. The molecule has 180 valence electrons. The van der Waals surface area contributed by atoms with Crippen LogP contribution in [0, 0.1) is 5.82 Å². The molecule has 1 aliphatic rings. The van der Waals surface area contributed by atoms with Crippen LogP contribution in [0.4, 0.5) is 10.1 Å². The van der Waals surface area contributed by atoms with Gasteiger partial charge in [-0.25, -0.2) is 4.39 Å². The summed E-state index contributed by atoms with van der Waals surface area (Å²) in [6.45, 7) is 2.64. The number of hydrogen-bond donors (Lipinski definition) is 4. The number of aliphatic imine (C=N–C) groups is 1. The zero-order valence-electron chi connectivity index (χ0n) is 19.0. The Kier molecular flexibility index (Phi) is 7.53. The summed E-state index contributed by atoms with van der Waals surface area (Å²) < 4.78 is 13.3. The maximum Gasteiger partial charge on any atom is 0.257 e. The van der Waals surface area contributed by atoms with Crippen LogP contribution >= 0.6 is 11.6 Å². The second-order valence-corrected chi connectivity index (χ2v) is 8.57. The number of likely N-dealkylation sites (N-methyl/N-ethyl adjacent to an activating group) is 1. The van der Waals surface area contributed by atoms with E-state index in [1.54, 1.807) is 31.2 Å². The lowest BCUT2D eigenvalue weighted by Gasteiger charge is -2.31. The van der Waals surface area contributed by atoms with Gasteiger partial charge in [0, 0.05) is 18.8 Å². The number of carbonyl (C=O) groups is 3. The van der Waals surface area contributed by atoms with Gasteiger partial charge >= 0.3 is 0 Å². The zero-order valence-corrected chi connectivity index (χ0v) is 19.7. The van der Waals surface area contributed by atoms with E-state index in [0.717, 1.165) is 12.1 Å². The summed E-state index contributed by atoms with van der Waals surface area (Å²) in [7, 11) is 3.76. The standard InChI is InChI=1S/C23H26ClFN6O3/c1-13-28-19(21(33)27-10-11-31(2)3)23(30-13,22(26)34)14-4-7-16(8-5-14)29-20(32)17-9-6-15(25)12-18(17)24/h4-9,12,19H,10-11H2,1-3H3,(H2,26,34)(H,27,33)(H,28,30)(H,29,32). The average molecular weight is 489 g/mol. The van der Waals surface area contributed by atoms with Gasteiger partial charge in [-0.3, -0.25) is 19.4 Å². The fourth-order valence-electron chi connectivity index (χ4n) is 3.69. The Hall–Kier alpha value is -3.50. The number of rotatable bonds is 8. The lowest BCUT2D eigenvalue weighted by Crippen LogP contribution is -2.60. The molecule has 0 radical (unpaired) electrons. The van der Waals surface area contributed by atoms with Gasteiger partial charge in [0.15, 0.2) is 11.6 Å². The maximum absolute atomic E-state index is 13.3. The van der Waals surface area contributed by atoms with Gasteiger partial charge in [-0.1, -0.05) is 23.7 Å². The predicted molar refractivity (Wildman–Crippen MR) is 128 cm³/mol. The molecule has 1 aliphatic heterocycles. The summed E-state index contributed by atoms with van der Waals surface area (Å²) in [5, 5.41) is 8.41. The van der Waals surface area contributed by atoms with Gasteiger partial charge in [0.1, 0.15) is 5.82 Å². The van der Waals surface area contributed by atoms with Gasteiger partial charge in [-0.2, -0.15) is 0 Å². The van der Waals surface area contributed by atoms with Crippen LogP contribution in [0.1, 0.15) is 22.8 Å². The highest BCUT2D eigenvalue weighted by Crippen LogP contribution is 2.32. The molecule has 11 heteroatoms. The van der Waals surface area contributed by atoms with E-state index in [2.05, 4.69) is 20.9 Å². The van der Waals surface area contributed by atoms with Gasteiger partial charge in [0.25, 0.3) is 11.8 Å². The first-order chi connectivity index (χ1) is 16.0. The molecule has 2 aromatic rings. The lowest BCUT2D eigenvalue weighted by atomic mass is 9.82. The summed E-state index contributed by atoms with van der Waals surface area (Å²) in [6.07, 6.45) is 0. The van der Waals surface area contributed by atoms with E-state index in [-0.39, 0.29) is 10.6 Å². The first kappa shape index (κ1) is 25.1. The number of halogens is 2. The average Bonchev–Trinajstić information content (AvgIpc) is 3.12. The highest BCUT2D eigenvalue weighted by Gasteiger charge is 2.53. The van der Waals surface area contributed by atoms with Crippen molar-refractivity contribution in [1.82, 2.24) is 15.5 Å². The summed E-state index contributed by atoms with van der Waals surface area (Å²) in [6, 6.07) is 8.64. The summed E-state index contributed by atoms with van der Waals surface area (Å²) in [5.41, 5.74) is 5.11. The highest BCUT2D eigenvalue weighted by atomic mass is 35.5. The Bertz CT molecular complexity index is 1140. The monoisotopic (exact) mass is 488 g/mol. The van der Waals surface area contributed by atoms with Crippen molar-refractivity contribution in [3.63, 3.8) is 0 Å². The third kappa shape index (κ3) is 5.18. The van der Waals surface area contributed by atoms with Crippen molar-refractivity contribution in [3.05, 3.63) is 64.4 Å². The minimum Gasteiger partial charge on any atom is -0.367 e. The second-order valence-electron chi connectivity index (χ2n) is 8.16. The van der Waals surface area contributed by atoms with Crippen molar-refractivity contribution in [3.8, 4) is 0 Å². The molecule has 2 atom stereocenters. The summed E-state index contributed by atoms with van der Waals surface area (Å²) in [4.78, 5) is 44.3. The van der Waals surface area contributed by atoms with Crippen LogP contribution in [0.5, 0.6) is 0 Å². The van der Waals surface area contributed by atoms with E-state index < -0.39 is 35.1 Å². The third-order valence-corrected chi connectivity index (χ3v) is 5.69. The second kappa shape index (κ2) is 10.2. The quantitative estimate of drug-likeness (QED) is 0.447. The molecule has 0 fully saturated rings. The van der Waals surface area contributed by atoms with Gasteiger partial charge in [-0.05, 0) is 56.9 Å². The number of nitrogens with two attached hydrogens (primary N) is 1. The summed E-state index contributed by atoms with van der Waals surface area (Å²) in [5.74, 6) is -1.89. The van der Waals surface area contributed by atoms with Crippen molar-refractivity contribution in [2.45, 2.75) is 18.5 Å². The zero-order chi connectivity index (χ0) is 25.0. The smallest absolute Gasteiger partial charge is 0.257 e. The van der Waals surface area contributed by atoms with Gasteiger partial charge in [0.05, 0.1) is 16.4 Å². The topological polar surface area (TPSA) is 129 Å². The molecular formula is C23H26ClFN6O3. The van der Waals surface area contributed by atoms with Crippen LogP contribution in [0.2, 0.25) is 5.02 Å². The van der Waals surface area contributed by atoms with Gasteiger partial charge in [0.2, 0.25) is 5.91 Å². The Morgan fingerprint density at radius 2 is 1.88 bits per heavy atom. The Labute approximate surface area is 201 Å². The number of primary amides is 1. The molecule has 2 unspecified atom stereocenters. The fraction of sp³-hybridized carbons (Fsp3) is 0.304. The van der Waals surface area contributed by atoms with Crippen molar-refractivity contribution in [2.75, 3.05) is 32.5 Å². The van der Waals surface area contributed by atoms with E-state index in [1.807, 2.05) is 19.0 Å². The molecule has 3 rings (SSSR count). The fourth-order valence-corrected chi connectivity index (χ4v) is 3.94. The van der Waals surface area contributed by atoms with Gasteiger partial charge in [-0.15, -0.1) is 0 Å². The van der Waals surface area contributed by atoms with E-state index in [1.165, 1.54) is 6.07 Å². The number of anilines is 1. The largest absolute Gasteiger partial charge is 0.367 e. The van der Waals surface area contributed by atoms with Gasteiger partial charge < -0.3 is 26.6 Å². The van der Waals surface area contributed by atoms with Crippen LogP contribution in [0.15, 0.2) is 47.5 Å². The molecule has 34 heavy (non-hydrogen) atoms. The van der Waals surface area contributed by atoms with Crippen molar-refractivity contribution < 1.29 is 18.8 Å². The maximum atomic E-state index is 13.3. The molecule has 0 aromatic heterocycles. The number of nitrogens with one attached hydrogen (secondary N) is 3. The predicted octanol–water partition coefficient (Wildman–Crippen LogP) is 1.48. The van der Waals surface area contributed by atoms with Crippen molar-refractivity contribution >= 4 is 40.8 Å². The molecular weight excluding hydrogens is 463 g/mol. The first-order valence-corrected chi connectivity index (χ1v) is 10.8. The van der Waals surface area contributed by atoms with Crippen LogP contribution in [-0.4, -0.2) is 61.7 Å². The lowest BCUT2D eigenvalue weighted by molar-refractivity contribution is -0.131. The molecule has 0 spiro atoms. The molecule has 1 heterocycles. The molecule has 0 saturated heterocycles. The minimum atomic E-state index is -1.59. The van der Waals surface area contributed by atoms with Crippen LogP contribution in [0.3, 0.4) is 0 Å². The van der Waals surface area contributed by atoms with Crippen LogP contribution < -0.4 is 21.7 Å². The Morgan fingerprint density at radius 3 is 2.47 bits per heavy atom. The summed E-state index contributed by atoms with van der Waals surface area (Å²) >= 11 is 5.95. The number of nitrogens with zero attached hydrogens (tertiary/aromatic N) is 2. The highest BCUT2D eigenvalue weighted by molar-refractivity contribution is 6.34. The minimum absolute atomic E-state index is 0.0206. The molecule has 2 aromatic carbocycles. The van der Waals surface area contributed by atoms with E-state index >= 15 is 0 Å². The molecule has 0 saturated carbocycles. The number of amides is 3. The van der Waals surface area contributed by atoms with Crippen LogP contribution in [-0.2, 0) is 15.1 Å². The normalized spacial score (nSPS) is 19.4.